The topological polar surface area (TPSA) is 16.2 Å². The minimum atomic E-state index is 0.479. The van der Waals surface area contributed by atoms with E-state index in [0.717, 1.165) is 5.56 Å². The van der Waals surface area contributed by atoms with E-state index in [2.05, 4.69) is 5.10 Å². The number of hydrogen-bond acceptors (Lipinski definition) is 1. The van der Waals surface area contributed by atoms with Crippen molar-refractivity contribution in [3.8, 4) is 0 Å². The molecule has 2 aromatic rings. The second-order valence-electron chi connectivity index (χ2n) is 3.01. The second kappa shape index (κ2) is 4.71. The first kappa shape index (κ1) is 9.87. The quantitative estimate of drug-likeness (QED) is 0.543. The first-order valence-corrected chi connectivity index (χ1v) is 5.00. The third kappa shape index (κ3) is 2.64. The summed E-state index contributed by atoms with van der Waals surface area (Å²) in [5.41, 5.74) is 0.913. The first-order chi connectivity index (χ1) is 7.36. The molecule has 0 fully saturated rings. The van der Waals surface area contributed by atoms with Gasteiger partial charge in [-0.1, -0.05) is 52.7 Å². The molecule has 1 heterocycles. The molecular formula is C12H10ClN2+. The predicted molar refractivity (Wildman–Crippen MR) is 60.9 cm³/mol. The number of benzene rings is 1. The first-order valence-electron chi connectivity index (χ1n) is 4.62. The van der Waals surface area contributed by atoms with Crippen molar-refractivity contribution >= 4 is 16.8 Å². The summed E-state index contributed by atoms with van der Waals surface area (Å²) in [5, 5.41) is 4.71. The average Bonchev–Trinajstić information content (AvgIpc) is 2.31. The van der Waals surface area contributed by atoms with E-state index < -0.39 is 0 Å². The Labute approximate surface area is 93.5 Å². The third-order valence-electron chi connectivity index (χ3n) is 1.92. The molecule has 0 aliphatic heterocycles. The van der Waals surface area contributed by atoms with Crippen molar-refractivity contribution in [2.24, 2.45) is 5.10 Å². The SMILES string of the molecule is ClC(=N[n+]1ccccc1)c1ccccc1. The minimum Gasteiger partial charge on any atom is -0.0622 e. The van der Waals surface area contributed by atoms with Crippen LogP contribution in [0.1, 0.15) is 5.56 Å². The van der Waals surface area contributed by atoms with Crippen LogP contribution in [0.3, 0.4) is 0 Å². The molecule has 0 saturated carbocycles. The molecule has 0 radical (unpaired) electrons. The van der Waals surface area contributed by atoms with Gasteiger partial charge < -0.3 is 0 Å². The molecule has 0 aliphatic rings. The van der Waals surface area contributed by atoms with Gasteiger partial charge in [0.15, 0.2) is 0 Å². The van der Waals surface area contributed by atoms with Gasteiger partial charge >= 0.3 is 0 Å². The van der Waals surface area contributed by atoms with E-state index in [0.29, 0.717) is 5.17 Å². The fourth-order valence-corrected chi connectivity index (χ4v) is 1.40. The van der Waals surface area contributed by atoms with Gasteiger partial charge in [-0.25, -0.2) is 0 Å². The highest BCUT2D eigenvalue weighted by Crippen LogP contribution is 2.03. The van der Waals surface area contributed by atoms with Gasteiger partial charge in [-0.3, -0.25) is 0 Å². The summed E-state index contributed by atoms with van der Waals surface area (Å²) in [6, 6.07) is 15.4. The Kier molecular flexibility index (Phi) is 3.10. The minimum absolute atomic E-state index is 0.479. The summed E-state index contributed by atoms with van der Waals surface area (Å²) in [6.45, 7) is 0. The van der Waals surface area contributed by atoms with Crippen molar-refractivity contribution in [1.29, 1.82) is 0 Å². The number of pyridine rings is 1. The van der Waals surface area contributed by atoms with Crippen LogP contribution >= 0.6 is 11.6 Å². The highest BCUT2D eigenvalue weighted by Gasteiger charge is 2.02. The molecule has 2 rings (SSSR count). The molecule has 0 atom stereocenters. The van der Waals surface area contributed by atoms with Crippen molar-refractivity contribution in [2.45, 2.75) is 0 Å². The van der Waals surface area contributed by atoms with Gasteiger partial charge in [0, 0.05) is 22.8 Å². The van der Waals surface area contributed by atoms with Crippen molar-refractivity contribution in [1.82, 2.24) is 0 Å². The fourth-order valence-electron chi connectivity index (χ4n) is 1.19. The molecule has 0 saturated heterocycles. The zero-order chi connectivity index (χ0) is 10.5. The zero-order valence-corrected chi connectivity index (χ0v) is 8.80. The lowest BCUT2D eigenvalue weighted by molar-refractivity contribution is -0.678. The van der Waals surface area contributed by atoms with Gasteiger partial charge in [-0.2, -0.15) is 0 Å². The maximum absolute atomic E-state index is 6.07. The number of halogens is 1. The Balaban J connectivity index is 2.29. The van der Waals surface area contributed by atoms with Crippen LogP contribution in [0, 0.1) is 0 Å². The van der Waals surface area contributed by atoms with Gasteiger partial charge in [0.05, 0.1) is 0 Å². The molecule has 2 nitrogen and oxygen atoms in total. The molecule has 0 aliphatic carbocycles. The second-order valence-corrected chi connectivity index (χ2v) is 3.37. The van der Waals surface area contributed by atoms with Crippen LogP contribution in [0.4, 0.5) is 0 Å². The maximum atomic E-state index is 6.07. The van der Waals surface area contributed by atoms with Crippen molar-refractivity contribution in [3.05, 3.63) is 66.5 Å². The smallest absolute Gasteiger partial charge is 0.0622 e. The van der Waals surface area contributed by atoms with Crippen LogP contribution in [0.25, 0.3) is 0 Å². The molecule has 0 unspecified atom stereocenters. The Hall–Kier alpha value is -1.67. The molecule has 0 bridgehead atoms. The molecule has 0 N–H and O–H groups in total. The van der Waals surface area contributed by atoms with E-state index in [-0.39, 0.29) is 0 Å². The van der Waals surface area contributed by atoms with Gasteiger partial charge in [0.25, 0.3) is 0 Å². The van der Waals surface area contributed by atoms with Crippen molar-refractivity contribution in [3.63, 3.8) is 0 Å². The van der Waals surface area contributed by atoms with Crippen LogP contribution in [0.15, 0.2) is 66.0 Å². The molecule has 15 heavy (non-hydrogen) atoms. The predicted octanol–water partition coefficient (Wildman–Crippen LogP) is 2.42. The number of aromatic nitrogens is 1. The lowest BCUT2D eigenvalue weighted by Gasteiger charge is -1.93. The molecule has 1 aromatic carbocycles. The van der Waals surface area contributed by atoms with E-state index in [1.54, 1.807) is 4.68 Å². The standard InChI is InChI=1S/C12H10ClN2/c13-12(11-7-3-1-4-8-11)14-15-9-5-2-6-10-15/h1-10H/q+1. The molecule has 0 amide bonds. The van der Waals surface area contributed by atoms with Gasteiger partial charge in [0.2, 0.25) is 17.6 Å². The summed E-state index contributed by atoms with van der Waals surface area (Å²) in [6.07, 6.45) is 3.68. The number of hydrogen-bond donors (Lipinski definition) is 0. The molecular weight excluding hydrogens is 208 g/mol. The third-order valence-corrected chi connectivity index (χ3v) is 2.21. The number of rotatable bonds is 2. The summed E-state index contributed by atoms with van der Waals surface area (Å²) in [7, 11) is 0. The molecule has 1 aromatic heterocycles. The van der Waals surface area contributed by atoms with Crippen LogP contribution < -0.4 is 4.68 Å². The largest absolute Gasteiger partial charge is 0.204 e. The lowest BCUT2D eigenvalue weighted by Crippen LogP contribution is -2.27. The van der Waals surface area contributed by atoms with Crippen LogP contribution in [-0.4, -0.2) is 5.17 Å². The summed E-state index contributed by atoms with van der Waals surface area (Å²) < 4.78 is 1.68. The highest BCUT2D eigenvalue weighted by atomic mass is 35.5. The van der Waals surface area contributed by atoms with E-state index in [9.17, 15) is 0 Å². The Morgan fingerprint density at radius 1 is 0.933 bits per heavy atom. The molecule has 3 heteroatoms. The van der Waals surface area contributed by atoms with Gasteiger partial charge in [-0.15, -0.1) is 0 Å². The zero-order valence-electron chi connectivity index (χ0n) is 8.05. The van der Waals surface area contributed by atoms with E-state index in [4.69, 9.17) is 11.6 Å². The van der Waals surface area contributed by atoms with Crippen molar-refractivity contribution < 1.29 is 4.68 Å². The van der Waals surface area contributed by atoms with E-state index >= 15 is 0 Å². The summed E-state index contributed by atoms with van der Waals surface area (Å²) >= 11 is 6.07. The van der Waals surface area contributed by atoms with Crippen molar-refractivity contribution in [2.75, 3.05) is 0 Å². The molecule has 0 spiro atoms. The Bertz CT molecular complexity index is 452. The van der Waals surface area contributed by atoms with Gasteiger partial charge in [-0.05, 0) is 0 Å². The van der Waals surface area contributed by atoms with Crippen LogP contribution in [0.5, 0.6) is 0 Å². The molecule has 74 valence electrons. The van der Waals surface area contributed by atoms with E-state index in [1.165, 1.54) is 0 Å². The summed E-state index contributed by atoms with van der Waals surface area (Å²) in [5.74, 6) is 0. The van der Waals surface area contributed by atoms with Crippen LogP contribution in [0.2, 0.25) is 0 Å². The average molecular weight is 218 g/mol. The Morgan fingerprint density at radius 2 is 1.53 bits per heavy atom. The van der Waals surface area contributed by atoms with E-state index in [1.807, 2.05) is 60.9 Å². The maximum Gasteiger partial charge on any atom is 0.204 e. The Morgan fingerprint density at radius 3 is 2.20 bits per heavy atom. The monoisotopic (exact) mass is 217 g/mol. The summed E-state index contributed by atoms with van der Waals surface area (Å²) in [4.78, 5) is 0. The fraction of sp³-hybridized carbons (Fsp3) is 0. The number of nitrogens with zero attached hydrogens (tertiary/aromatic N) is 2. The van der Waals surface area contributed by atoms with Crippen LogP contribution in [-0.2, 0) is 0 Å². The highest BCUT2D eigenvalue weighted by molar-refractivity contribution is 6.69. The normalized spacial score (nSPS) is 11.4. The van der Waals surface area contributed by atoms with Gasteiger partial charge in [0.1, 0.15) is 0 Å². The lowest BCUT2D eigenvalue weighted by atomic mass is 10.2.